The SMILES string of the molecule is CC(C)CC1(c2cccnc2)CCCN1. The van der Waals surface area contributed by atoms with Gasteiger partial charge in [0, 0.05) is 17.9 Å². The molecule has 1 aromatic rings. The normalized spacial score (nSPS) is 26.1. The first-order chi connectivity index (χ1) is 7.23. The maximum Gasteiger partial charge on any atom is 0.0452 e. The highest BCUT2D eigenvalue weighted by atomic mass is 15.0. The van der Waals surface area contributed by atoms with E-state index in [2.05, 4.69) is 30.2 Å². The fourth-order valence-corrected chi connectivity index (χ4v) is 2.69. The summed E-state index contributed by atoms with van der Waals surface area (Å²) in [5.74, 6) is 0.718. The summed E-state index contributed by atoms with van der Waals surface area (Å²) >= 11 is 0. The van der Waals surface area contributed by atoms with Crippen LogP contribution in [-0.4, -0.2) is 11.5 Å². The van der Waals surface area contributed by atoms with Gasteiger partial charge in [-0.05, 0) is 43.4 Å². The Labute approximate surface area is 92.1 Å². The van der Waals surface area contributed by atoms with Crippen LogP contribution in [0.2, 0.25) is 0 Å². The van der Waals surface area contributed by atoms with Gasteiger partial charge >= 0.3 is 0 Å². The fraction of sp³-hybridized carbons (Fsp3) is 0.615. The molecule has 82 valence electrons. The number of pyridine rings is 1. The van der Waals surface area contributed by atoms with E-state index in [1.54, 1.807) is 0 Å². The Morgan fingerprint density at radius 1 is 1.53 bits per heavy atom. The maximum atomic E-state index is 4.24. The summed E-state index contributed by atoms with van der Waals surface area (Å²) in [6.45, 7) is 5.72. The lowest BCUT2D eigenvalue weighted by atomic mass is 9.82. The standard InChI is InChI=1S/C13H20N2/c1-11(2)9-13(6-4-8-15-13)12-5-3-7-14-10-12/h3,5,7,10-11,15H,4,6,8-9H2,1-2H3. The molecule has 0 spiro atoms. The molecule has 2 heteroatoms. The van der Waals surface area contributed by atoms with Gasteiger partial charge in [-0.1, -0.05) is 19.9 Å². The molecule has 1 saturated heterocycles. The second kappa shape index (κ2) is 4.31. The maximum absolute atomic E-state index is 4.24. The second-order valence-corrected chi connectivity index (χ2v) is 4.95. The van der Waals surface area contributed by atoms with Crippen molar-refractivity contribution in [1.29, 1.82) is 0 Å². The van der Waals surface area contributed by atoms with E-state index >= 15 is 0 Å². The van der Waals surface area contributed by atoms with E-state index < -0.39 is 0 Å². The first kappa shape index (κ1) is 10.6. The summed E-state index contributed by atoms with van der Waals surface area (Å²) in [7, 11) is 0. The van der Waals surface area contributed by atoms with Gasteiger partial charge in [0.15, 0.2) is 0 Å². The van der Waals surface area contributed by atoms with Crippen LogP contribution >= 0.6 is 0 Å². The molecule has 0 bridgehead atoms. The molecule has 2 nitrogen and oxygen atoms in total. The van der Waals surface area contributed by atoms with E-state index in [1.807, 2.05) is 18.5 Å². The molecule has 1 unspecified atom stereocenters. The first-order valence-electron chi connectivity index (χ1n) is 5.88. The number of nitrogens with zero attached hydrogens (tertiary/aromatic N) is 1. The zero-order valence-corrected chi connectivity index (χ0v) is 9.66. The molecule has 0 radical (unpaired) electrons. The lowest BCUT2D eigenvalue weighted by Crippen LogP contribution is -2.38. The minimum Gasteiger partial charge on any atom is -0.307 e. The smallest absolute Gasteiger partial charge is 0.0452 e. The molecule has 1 atom stereocenters. The number of hydrogen-bond donors (Lipinski definition) is 1. The molecule has 1 fully saturated rings. The topological polar surface area (TPSA) is 24.9 Å². The van der Waals surface area contributed by atoms with E-state index in [9.17, 15) is 0 Å². The van der Waals surface area contributed by atoms with Crippen LogP contribution in [0, 0.1) is 5.92 Å². The molecule has 15 heavy (non-hydrogen) atoms. The summed E-state index contributed by atoms with van der Waals surface area (Å²) in [6.07, 6.45) is 7.60. The van der Waals surface area contributed by atoms with E-state index in [-0.39, 0.29) is 5.54 Å². The van der Waals surface area contributed by atoms with Crippen molar-refractivity contribution in [2.75, 3.05) is 6.54 Å². The predicted octanol–water partition coefficient (Wildman–Crippen LogP) is 2.71. The number of hydrogen-bond acceptors (Lipinski definition) is 2. The summed E-state index contributed by atoms with van der Waals surface area (Å²) in [6, 6.07) is 4.24. The first-order valence-corrected chi connectivity index (χ1v) is 5.88. The number of rotatable bonds is 3. The molecule has 1 aromatic heterocycles. The van der Waals surface area contributed by atoms with Crippen molar-refractivity contribution in [3.63, 3.8) is 0 Å². The molecule has 0 aliphatic carbocycles. The third-order valence-electron chi connectivity index (χ3n) is 3.21. The molecule has 2 heterocycles. The average molecular weight is 204 g/mol. The van der Waals surface area contributed by atoms with Crippen molar-refractivity contribution in [2.24, 2.45) is 5.92 Å². The van der Waals surface area contributed by atoms with Gasteiger partial charge < -0.3 is 5.32 Å². The molecule has 1 N–H and O–H groups in total. The largest absolute Gasteiger partial charge is 0.307 e. The van der Waals surface area contributed by atoms with Gasteiger partial charge in [-0.15, -0.1) is 0 Å². The monoisotopic (exact) mass is 204 g/mol. The van der Waals surface area contributed by atoms with Crippen LogP contribution in [0.4, 0.5) is 0 Å². The van der Waals surface area contributed by atoms with E-state index in [0.717, 1.165) is 12.5 Å². The van der Waals surface area contributed by atoms with Gasteiger partial charge in [0.05, 0.1) is 0 Å². The lowest BCUT2D eigenvalue weighted by Gasteiger charge is -2.31. The molecular weight excluding hydrogens is 184 g/mol. The summed E-state index contributed by atoms with van der Waals surface area (Å²) in [5.41, 5.74) is 1.55. The predicted molar refractivity (Wildman–Crippen MR) is 62.6 cm³/mol. The van der Waals surface area contributed by atoms with E-state index in [0.29, 0.717) is 0 Å². The summed E-state index contributed by atoms with van der Waals surface area (Å²) in [4.78, 5) is 4.24. The van der Waals surface area contributed by atoms with Crippen molar-refractivity contribution >= 4 is 0 Å². The van der Waals surface area contributed by atoms with Gasteiger partial charge in [0.1, 0.15) is 0 Å². The van der Waals surface area contributed by atoms with Gasteiger partial charge in [0.2, 0.25) is 0 Å². The van der Waals surface area contributed by atoms with Crippen LogP contribution < -0.4 is 5.32 Å². The zero-order chi connectivity index (χ0) is 10.7. The van der Waals surface area contributed by atoms with Crippen LogP contribution in [0.3, 0.4) is 0 Å². The van der Waals surface area contributed by atoms with E-state index in [4.69, 9.17) is 0 Å². The molecular formula is C13H20N2. The molecule has 1 aliphatic rings. The molecule has 2 rings (SSSR count). The Balaban J connectivity index is 2.26. The number of aromatic nitrogens is 1. The van der Waals surface area contributed by atoms with Gasteiger partial charge in [0.25, 0.3) is 0 Å². The fourth-order valence-electron chi connectivity index (χ4n) is 2.69. The Hall–Kier alpha value is -0.890. The average Bonchev–Trinajstić information content (AvgIpc) is 2.68. The summed E-state index contributed by atoms with van der Waals surface area (Å²) in [5, 5.41) is 3.68. The van der Waals surface area contributed by atoms with Gasteiger partial charge in [-0.25, -0.2) is 0 Å². The highest BCUT2D eigenvalue weighted by Crippen LogP contribution is 2.36. The van der Waals surface area contributed by atoms with Gasteiger partial charge in [-0.2, -0.15) is 0 Å². The van der Waals surface area contributed by atoms with Crippen molar-refractivity contribution in [3.05, 3.63) is 30.1 Å². The third-order valence-corrected chi connectivity index (χ3v) is 3.21. The summed E-state index contributed by atoms with van der Waals surface area (Å²) < 4.78 is 0. The van der Waals surface area contributed by atoms with Gasteiger partial charge in [-0.3, -0.25) is 4.98 Å². The molecule has 1 aliphatic heterocycles. The van der Waals surface area contributed by atoms with Crippen molar-refractivity contribution in [1.82, 2.24) is 10.3 Å². The molecule has 0 amide bonds. The lowest BCUT2D eigenvalue weighted by molar-refractivity contribution is 0.310. The van der Waals surface area contributed by atoms with Crippen LogP contribution in [-0.2, 0) is 5.54 Å². The Morgan fingerprint density at radius 2 is 2.40 bits per heavy atom. The quantitative estimate of drug-likeness (QED) is 0.819. The number of nitrogens with one attached hydrogen (secondary N) is 1. The highest BCUT2D eigenvalue weighted by molar-refractivity contribution is 5.22. The Kier molecular flexibility index (Phi) is 3.06. The van der Waals surface area contributed by atoms with Crippen molar-refractivity contribution in [3.8, 4) is 0 Å². The second-order valence-electron chi connectivity index (χ2n) is 4.95. The Bertz CT molecular complexity index is 300. The van der Waals surface area contributed by atoms with Crippen LogP contribution in [0.1, 0.15) is 38.7 Å². The van der Waals surface area contributed by atoms with Crippen molar-refractivity contribution < 1.29 is 0 Å². The minimum atomic E-state index is 0.197. The molecule has 0 saturated carbocycles. The zero-order valence-electron chi connectivity index (χ0n) is 9.66. The molecule has 0 aromatic carbocycles. The van der Waals surface area contributed by atoms with Crippen LogP contribution in [0.25, 0.3) is 0 Å². The highest BCUT2D eigenvalue weighted by Gasteiger charge is 2.35. The van der Waals surface area contributed by atoms with Crippen LogP contribution in [0.15, 0.2) is 24.5 Å². The van der Waals surface area contributed by atoms with Crippen LogP contribution in [0.5, 0.6) is 0 Å². The minimum absolute atomic E-state index is 0.197. The van der Waals surface area contributed by atoms with Crippen molar-refractivity contribution in [2.45, 2.75) is 38.6 Å². The Morgan fingerprint density at radius 3 is 2.93 bits per heavy atom. The third kappa shape index (κ3) is 2.20. The van der Waals surface area contributed by atoms with E-state index in [1.165, 1.54) is 24.8 Å².